The largest absolute Gasteiger partial charge is 0.497 e. The second-order valence-corrected chi connectivity index (χ2v) is 5.48. The second kappa shape index (κ2) is 8.03. The van der Waals surface area contributed by atoms with Gasteiger partial charge in [0, 0.05) is 0 Å². The smallest absolute Gasteiger partial charge is 0.330 e. The molecule has 0 fully saturated rings. The van der Waals surface area contributed by atoms with E-state index in [4.69, 9.17) is 9.47 Å². The summed E-state index contributed by atoms with van der Waals surface area (Å²) in [6.07, 6.45) is 0.630. The van der Waals surface area contributed by atoms with E-state index >= 15 is 0 Å². The summed E-state index contributed by atoms with van der Waals surface area (Å²) in [4.78, 5) is 12.5. The maximum Gasteiger partial charge on any atom is 0.330 e. The van der Waals surface area contributed by atoms with Crippen LogP contribution in [0, 0.1) is 5.92 Å². The Hall–Kier alpha value is -1.55. The molecule has 0 aromatic heterocycles. The van der Waals surface area contributed by atoms with Crippen molar-refractivity contribution in [3.05, 3.63) is 29.8 Å². The summed E-state index contributed by atoms with van der Waals surface area (Å²) in [6, 6.07) is 7.59. The third-order valence-electron chi connectivity index (χ3n) is 3.55. The van der Waals surface area contributed by atoms with Crippen LogP contribution in [0.1, 0.15) is 39.7 Å². The van der Waals surface area contributed by atoms with Crippen molar-refractivity contribution in [1.82, 2.24) is 5.32 Å². The summed E-state index contributed by atoms with van der Waals surface area (Å²) >= 11 is 0. The molecule has 1 rings (SSSR count). The summed E-state index contributed by atoms with van der Waals surface area (Å²) in [7, 11) is 1.63. The Labute approximate surface area is 127 Å². The van der Waals surface area contributed by atoms with Gasteiger partial charge in [0.1, 0.15) is 11.3 Å². The molecule has 1 N–H and O–H groups in total. The van der Waals surface area contributed by atoms with Gasteiger partial charge in [0.15, 0.2) is 0 Å². The number of carbonyl (C=O) groups excluding carboxylic acids is 1. The summed E-state index contributed by atoms with van der Waals surface area (Å²) < 4.78 is 10.5. The highest BCUT2D eigenvalue weighted by atomic mass is 16.5. The first-order chi connectivity index (χ1) is 10.00. The van der Waals surface area contributed by atoms with E-state index in [1.54, 1.807) is 7.11 Å². The fourth-order valence-electron chi connectivity index (χ4n) is 2.27. The van der Waals surface area contributed by atoms with Crippen LogP contribution in [0.4, 0.5) is 0 Å². The third kappa shape index (κ3) is 4.21. The van der Waals surface area contributed by atoms with Crippen molar-refractivity contribution in [1.29, 1.82) is 0 Å². The lowest BCUT2D eigenvalue weighted by atomic mass is 9.86. The maximum atomic E-state index is 12.5. The minimum Gasteiger partial charge on any atom is -0.497 e. The summed E-state index contributed by atoms with van der Waals surface area (Å²) in [5.74, 6) is 0.999. The first-order valence-electron chi connectivity index (χ1n) is 7.56. The topological polar surface area (TPSA) is 47.6 Å². The molecule has 4 heteroatoms. The molecule has 0 aliphatic carbocycles. The lowest BCUT2D eigenvalue weighted by Gasteiger charge is -2.33. The number of ether oxygens (including phenoxy) is 2. The van der Waals surface area contributed by atoms with Crippen LogP contribution in [0.2, 0.25) is 0 Å². The summed E-state index contributed by atoms with van der Waals surface area (Å²) in [5.41, 5.74) is 0.108. The first kappa shape index (κ1) is 17.5. The van der Waals surface area contributed by atoms with Gasteiger partial charge in [0.2, 0.25) is 0 Å². The molecule has 0 aliphatic heterocycles. The molecule has 4 nitrogen and oxygen atoms in total. The van der Waals surface area contributed by atoms with Crippen molar-refractivity contribution in [3.8, 4) is 5.75 Å². The van der Waals surface area contributed by atoms with Gasteiger partial charge in [-0.3, -0.25) is 5.32 Å². The van der Waals surface area contributed by atoms with Crippen molar-refractivity contribution < 1.29 is 14.3 Å². The molecule has 0 bridgehead atoms. The molecular weight excluding hydrogens is 266 g/mol. The molecule has 0 saturated heterocycles. The predicted octanol–water partition coefficient (Wildman–Crippen LogP) is 3.11. The number of benzene rings is 1. The standard InChI is InChI=1S/C17H27NO3/c1-6-17(16(19)21-7-2,18-12-13(3)4)14-8-10-15(20-5)11-9-14/h8-11,13,18H,6-7,12H2,1-5H3. The van der Waals surface area contributed by atoms with E-state index < -0.39 is 5.54 Å². The van der Waals surface area contributed by atoms with Crippen LogP contribution in [0.25, 0.3) is 0 Å². The number of esters is 1. The number of nitrogens with one attached hydrogen (secondary N) is 1. The van der Waals surface area contributed by atoms with Gasteiger partial charge < -0.3 is 9.47 Å². The van der Waals surface area contributed by atoms with Gasteiger partial charge in [-0.15, -0.1) is 0 Å². The first-order valence-corrected chi connectivity index (χ1v) is 7.56. The van der Waals surface area contributed by atoms with Gasteiger partial charge in [-0.05, 0) is 43.5 Å². The molecule has 0 spiro atoms. The van der Waals surface area contributed by atoms with E-state index in [1.165, 1.54) is 0 Å². The van der Waals surface area contributed by atoms with E-state index in [1.807, 2.05) is 38.1 Å². The Morgan fingerprint density at radius 1 is 1.24 bits per heavy atom. The van der Waals surface area contributed by atoms with Crippen LogP contribution >= 0.6 is 0 Å². The Balaban J connectivity index is 3.15. The Bertz CT molecular complexity index is 442. The zero-order chi connectivity index (χ0) is 15.9. The number of carbonyl (C=O) groups is 1. The summed E-state index contributed by atoms with van der Waals surface area (Å²) in [6.45, 7) is 9.18. The van der Waals surface area contributed by atoms with Crippen LogP contribution in [0.5, 0.6) is 5.75 Å². The number of hydrogen-bond donors (Lipinski definition) is 1. The highest BCUT2D eigenvalue weighted by molar-refractivity contribution is 5.82. The quantitative estimate of drug-likeness (QED) is 0.748. The zero-order valence-corrected chi connectivity index (χ0v) is 13.7. The Morgan fingerprint density at radius 2 is 1.86 bits per heavy atom. The van der Waals surface area contributed by atoms with Crippen LogP contribution < -0.4 is 10.1 Å². The molecule has 1 unspecified atom stereocenters. The lowest BCUT2D eigenvalue weighted by Crippen LogP contribution is -2.51. The van der Waals surface area contributed by atoms with Crippen LogP contribution in [0.15, 0.2) is 24.3 Å². The predicted molar refractivity (Wildman–Crippen MR) is 84.4 cm³/mol. The monoisotopic (exact) mass is 293 g/mol. The number of rotatable bonds is 8. The van der Waals surface area contributed by atoms with E-state index in [2.05, 4.69) is 19.2 Å². The second-order valence-electron chi connectivity index (χ2n) is 5.48. The van der Waals surface area contributed by atoms with E-state index in [0.29, 0.717) is 18.9 Å². The van der Waals surface area contributed by atoms with Crippen LogP contribution in [0.3, 0.4) is 0 Å². The fraction of sp³-hybridized carbons (Fsp3) is 0.588. The van der Waals surface area contributed by atoms with Gasteiger partial charge in [-0.2, -0.15) is 0 Å². The third-order valence-corrected chi connectivity index (χ3v) is 3.55. The maximum absolute atomic E-state index is 12.5. The molecule has 118 valence electrons. The molecule has 21 heavy (non-hydrogen) atoms. The highest BCUT2D eigenvalue weighted by Crippen LogP contribution is 2.29. The lowest BCUT2D eigenvalue weighted by molar-refractivity contribution is -0.152. The minimum absolute atomic E-state index is 0.224. The number of methoxy groups -OCH3 is 1. The van der Waals surface area contributed by atoms with E-state index in [-0.39, 0.29) is 5.97 Å². The molecular formula is C17H27NO3. The van der Waals surface area contributed by atoms with Crippen molar-refractivity contribution in [3.63, 3.8) is 0 Å². The highest BCUT2D eigenvalue weighted by Gasteiger charge is 2.39. The number of hydrogen-bond acceptors (Lipinski definition) is 4. The van der Waals surface area contributed by atoms with Gasteiger partial charge >= 0.3 is 5.97 Å². The van der Waals surface area contributed by atoms with Crippen molar-refractivity contribution in [2.24, 2.45) is 5.92 Å². The van der Waals surface area contributed by atoms with Crippen molar-refractivity contribution >= 4 is 5.97 Å². The SMILES string of the molecule is CCOC(=O)C(CC)(NCC(C)C)c1ccc(OC)cc1. The van der Waals surface area contributed by atoms with Gasteiger partial charge in [-0.1, -0.05) is 32.9 Å². The van der Waals surface area contributed by atoms with E-state index in [9.17, 15) is 4.79 Å². The minimum atomic E-state index is -0.799. The molecule has 0 heterocycles. The Morgan fingerprint density at radius 3 is 2.29 bits per heavy atom. The van der Waals surface area contributed by atoms with Crippen molar-refractivity contribution in [2.45, 2.75) is 39.7 Å². The van der Waals surface area contributed by atoms with Gasteiger partial charge in [-0.25, -0.2) is 4.79 Å². The zero-order valence-electron chi connectivity index (χ0n) is 13.7. The molecule has 0 radical (unpaired) electrons. The molecule has 1 aromatic carbocycles. The van der Waals surface area contributed by atoms with Crippen molar-refractivity contribution in [2.75, 3.05) is 20.3 Å². The van der Waals surface area contributed by atoms with Crippen LogP contribution in [-0.2, 0) is 15.1 Å². The van der Waals surface area contributed by atoms with Crippen LogP contribution in [-0.4, -0.2) is 26.2 Å². The molecule has 0 aliphatic rings. The fourth-order valence-corrected chi connectivity index (χ4v) is 2.27. The molecule has 1 aromatic rings. The van der Waals surface area contributed by atoms with Gasteiger partial charge in [0.25, 0.3) is 0 Å². The molecule has 1 atom stereocenters. The summed E-state index contributed by atoms with van der Waals surface area (Å²) in [5, 5.41) is 3.41. The normalized spacial score (nSPS) is 13.8. The van der Waals surface area contributed by atoms with Gasteiger partial charge in [0.05, 0.1) is 13.7 Å². The Kier molecular flexibility index (Phi) is 6.69. The molecule has 0 amide bonds. The average molecular weight is 293 g/mol. The average Bonchev–Trinajstić information content (AvgIpc) is 2.49. The van der Waals surface area contributed by atoms with E-state index in [0.717, 1.165) is 17.9 Å². The molecule has 0 saturated carbocycles.